The number of rotatable bonds is 6. The Morgan fingerprint density at radius 2 is 1.77 bits per heavy atom. The lowest BCUT2D eigenvalue weighted by Gasteiger charge is -2.35. The van der Waals surface area contributed by atoms with Gasteiger partial charge in [-0.05, 0) is 80.8 Å². The van der Waals surface area contributed by atoms with E-state index in [0.717, 1.165) is 51.5 Å². The molecule has 11 heteroatoms. The molecule has 0 bridgehead atoms. The van der Waals surface area contributed by atoms with Crippen molar-refractivity contribution in [2.24, 2.45) is 0 Å². The predicted octanol–water partition coefficient (Wildman–Crippen LogP) is 7.97. The Kier molecular flexibility index (Phi) is 6.97. The van der Waals surface area contributed by atoms with E-state index < -0.39 is 17.7 Å². The number of hydrogen-bond acceptors (Lipinski definition) is 7. The van der Waals surface area contributed by atoms with E-state index in [4.69, 9.17) is 19.2 Å². The average molecular weight is 612 g/mol. The summed E-state index contributed by atoms with van der Waals surface area (Å²) < 4.78 is 41.0. The number of piperidine rings is 1. The summed E-state index contributed by atoms with van der Waals surface area (Å²) in [6, 6.07) is 16.6. The molecule has 4 heterocycles. The summed E-state index contributed by atoms with van der Waals surface area (Å²) in [6.07, 6.45) is 1.51. The molecule has 1 saturated heterocycles. The van der Waals surface area contributed by atoms with Crippen molar-refractivity contribution in [3.63, 3.8) is 0 Å². The third-order valence-electron chi connectivity index (χ3n) is 8.00. The Labute approximate surface area is 255 Å². The van der Waals surface area contributed by atoms with Crippen molar-refractivity contribution in [2.75, 3.05) is 12.0 Å². The van der Waals surface area contributed by atoms with E-state index >= 15 is 0 Å². The van der Waals surface area contributed by atoms with E-state index in [1.54, 1.807) is 7.11 Å². The van der Waals surface area contributed by atoms with Gasteiger partial charge in [0.1, 0.15) is 17.3 Å². The molecule has 1 aliphatic rings. The van der Waals surface area contributed by atoms with Crippen molar-refractivity contribution in [1.29, 1.82) is 0 Å². The number of ether oxygens (including phenoxy) is 1. The summed E-state index contributed by atoms with van der Waals surface area (Å²) in [6.45, 7) is 3.76. The minimum absolute atomic E-state index is 0.180. The number of anilines is 1. The largest absolute Gasteiger partial charge is 0.497 e. The lowest BCUT2D eigenvalue weighted by molar-refractivity contribution is -0.120. The van der Waals surface area contributed by atoms with Gasteiger partial charge in [-0.3, -0.25) is 9.36 Å². The topological polar surface area (TPSA) is 86.3 Å². The molecule has 6 aromatic rings. The van der Waals surface area contributed by atoms with Gasteiger partial charge in [-0.1, -0.05) is 11.2 Å². The quantitative estimate of drug-likeness (QED) is 0.190. The molecule has 0 spiro atoms. The summed E-state index contributed by atoms with van der Waals surface area (Å²) >= 11 is 1.46. The minimum Gasteiger partial charge on any atom is -0.497 e. The Bertz CT molecular complexity index is 2010. The number of fused-ring (bicyclic) bond motifs is 1. The number of nitrogens with zero attached hydrogens (tertiary/aromatic N) is 5. The minimum atomic E-state index is -1.01. The summed E-state index contributed by atoms with van der Waals surface area (Å²) in [5.41, 5.74) is 6.06. The Hall–Kier alpha value is -4.90. The average Bonchev–Trinajstić information content (AvgIpc) is 3.75. The molecule has 0 radical (unpaired) electrons. The number of imidazole rings is 1. The van der Waals surface area contributed by atoms with Crippen molar-refractivity contribution in [3.05, 3.63) is 95.0 Å². The second kappa shape index (κ2) is 11.0. The lowest BCUT2D eigenvalue weighted by Crippen LogP contribution is -2.39. The van der Waals surface area contributed by atoms with Crippen molar-refractivity contribution in [3.8, 4) is 33.3 Å². The third kappa shape index (κ3) is 4.73. The molecule has 44 heavy (non-hydrogen) atoms. The van der Waals surface area contributed by atoms with Gasteiger partial charge in [0, 0.05) is 34.7 Å². The van der Waals surface area contributed by atoms with Crippen molar-refractivity contribution < 1.29 is 22.8 Å². The Morgan fingerprint density at radius 1 is 0.977 bits per heavy atom. The van der Waals surface area contributed by atoms with Crippen molar-refractivity contribution in [2.45, 2.75) is 39.2 Å². The normalized spacial score (nSPS) is 15.3. The number of hydrogen-bond donors (Lipinski definition) is 0. The standard InChI is InChI=1S/C33H27F2N5O3S/c1-18-31(19(2)43-38-18)21-9-14-28-26(15-21)36-32(29-5-4-6-30(41)39(29)22-10-13-24(34)25(35)16-22)40(28)33-37-27(17-44-33)20-7-11-23(42-3)12-8-20/h7-17,29H,4-6H2,1-3H3. The number of carbonyl (C=O) groups excluding carboxylic acids is 1. The molecule has 1 unspecified atom stereocenters. The molecule has 1 aliphatic heterocycles. The number of aryl methyl sites for hydroxylation is 2. The van der Waals surface area contributed by atoms with Gasteiger partial charge in [0.25, 0.3) is 0 Å². The van der Waals surface area contributed by atoms with Gasteiger partial charge >= 0.3 is 0 Å². The fourth-order valence-electron chi connectivity index (χ4n) is 5.91. The maximum atomic E-state index is 14.4. The molecular formula is C33H27F2N5O3S. The van der Waals surface area contributed by atoms with Crippen LogP contribution in [0.1, 0.15) is 42.6 Å². The molecule has 1 atom stereocenters. The van der Waals surface area contributed by atoms with E-state index in [9.17, 15) is 13.6 Å². The van der Waals surface area contributed by atoms with Crippen LogP contribution >= 0.6 is 11.3 Å². The van der Waals surface area contributed by atoms with E-state index in [-0.39, 0.29) is 11.6 Å². The number of amides is 1. The highest BCUT2D eigenvalue weighted by molar-refractivity contribution is 7.12. The first-order valence-electron chi connectivity index (χ1n) is 14.2. The van der Waals surface area contributed by atoms with E-state index in [1.165, 1.54) is 22.3 Å². The molecule has 0 N–H and O–H groups in total. The maximum Gasteiger partial charge on any atom is 0.227 e. The van der Waals surface area contributed by atoms with Crippen LogP contribution in [0.2, 0.25) is 0 Å². The highest BCUT2D eigenvalue weighted by Gasteiger charge is 2.35. The number of halogens is 2. The van der Waals surface area contributed by atoms with Gasteiger partial charge in [-0.2, -0.15) is 0 Å². The fraction of sp³-hybridized carbons (Fsp3) is 0.212. The van der Waals surface area contributed by atoms with Crippen LogP contribution in [0.25, 0.3) is 38.5 Å². The van der Waals surface area contributed by atoms with Crippen LogP contribution in [0, 0.1) is 25.5 Å². The fourth-order valence-corrected chi connectivity index (χ4v) is 6.76. The summed E-state index contributed by atoms with van der Waals surface area (Å²) in [7, 11) is 1.62. The van der Waals surface area contributed by atoms with Crippen LogP contribution < -0.4 is 9.64 Å². The highest BCUT2D eigenvalue weighted by atomic mass is 32.1. The summed E-state index contributed by atoms with van der Waals surface area (Å²) in [4.78, 5) is 25.0. The highest BCUT2D eigenvalue weighted by Crippen LogP contribution is 2.40. The van der Waals surface area contributed by atoms with Crippen LogP contribution in [0.5, 0.6) is 5.75 Å². The van der Waals surface area contributed by atoms with Gasteiger partial charge in [0.15, 0.2) is 16.8 Å². The van der Waals surface area contributed by atoms with Crippen LogP contribution in [0.15, 0.2) is 70.6 Å². The number of carbonyl (C=O) groups is 1. The molecule has 3 aromatic carbocycles. The van der Waals surface area contributed by atoms with Crippen LogP contribution in [0.4, 0.5) is 14.5 Å². The molecule has 8 nitrogen and oxygen atoms in total. The van der Waals surface area contributed by atoms with E-state index in [1.807, 2.05) is 66.3 Å². The molecule has 0 aliphatic carbocycles. The molecule has 1 amide bonds. The zero-order valence-corrected chi connectivity index (χ0v) is 25.0. The zero-order valence-electron chi connectivity index (χ0n) is 24.2. The van der Waals surface area contributed by atoms with Gasteiger partial charge in [-0.25, -0.2) is 18.7 Å². The summed E-state index contributed by atoms with van der Waals surface area (Å²) in [5.74, 6) is -0.123. The van der Waals surface area contributed by atoms with Crippen molar-refractivity contribution >= 4 is 34.0 Å². The van der Waals surface area contributed by atoms with Gasteiger partial charge in [0.2, 0.25) is 5.91 Å². The first-order valence-corrected chi connectivity index (χ1v) is 15.0. The number of aromatic nitrogens is 4. The molecule has 222 valence electrons. The predicted molar refractivity (Wildman–Crippen MR) is 164 cm³/mol. The zero-order chi connectivity index (χ0) is 30.5. The van der Waals surface area contributed by atoms with Crippen LogP contribution in [-0.2, 0) is 4.79 Å². The maximum absolute atomic E-state index is 14.4. The van der Waals surface area contributed by atoms with Crippen LogP contribution in [-0.4, -0.2) is 32.7 Å². The van der Waals surface area contributed by atoms with Crippen molar-refractivity contribution in [1.82, 2.24) is 19.7 Å². The molecule has 0 saturated carbocycles. The molecule has 3 aromatic heterocycles. The van der Waals surface area contributed by atoms with Gasteiger partial charge in [-0.15, -0.1) is 11.3 Å². The lowest BCUT2D eigenvalue weighted by atomic mass is 9.99. The number of benzene rings is 3. The smallest absolute Gasteiger partial charge is 0.227 e. The number of thiazole rings is 1. The summed E-state index contributed by atoms with van der Waals surface area (Å²) in [5, 5.41) is 6.75. The first kappa shape index (κ1) is 27.9. The van der Waals surface area contributed by atoms with Crippen LogP contribution in [0.3, 0.4) is 0 Å². The van der Waals surface area contributed by atoms with E-state index in [0.29, 0.717) is 41.5 Å². The van der Waals surface area contributed by atoms with E-state index in [2.05, 4.69) is 5.16 Å². The van der Waals surface area contributed by atoms with Gasteiger partial charge < -0.3 is 14.2 Å². The second-order valence-corrected chi connectivity index (χ2v) is 11.6. The van der Waals surface area contributed by atoms with Gasteiger partial charge in [0.05, 0.1) is 35.6 Å². The monoisotopic (exact) mass is 611 g/mol. The molecule has 1 fully saturated rings. The first-order chi connectivity index (χ1) is 21.3. The second-order valence-electron chi connectivity index (χ2n) is 10.7. The number of methoxy groups -OCH3 is 1. The SMILES string of the molecule is COc1ccc(-c2csc(-n3c(C4CCCC(=O)N4c4ccc(F)c(F)c4)nc4cc(-c5c(C)noc5C)ccc43)n2)cc1. The molecule has 7 rings (SSSR count). The Balaban J connectivity index is 1.41. The Morgan fingerprint density at radius 3 is 2.50 bits per heavy atom. The third-order valence-corrected chi connectivity index (χ3v) is 8.83. The molecular weight excluding hydrogens is 584 g/mol.